The lowest BCUT2D eigenvalue weighted by Gasteiger charge is -2.34. The fourth-order valence-electron chi connectivity index (χ4n) is 2.94. The Balaban J connectivity index is 2.11. The lowest BCUT2D eigenvalue weighted by atomic mass is 9.78. The molecule has 0 heterocycles. The van der Waals surface area contributed by atoms with E-state index in [-0.39, 0.29) is 16.8 Å². The minimum absolute atomic E-state index is 0.0104. The standard InChI is InChI=1S/C16H24N2O3S/c1-11-5-4-6-16(12(11)2)18-22(20,21)15-9-7-14(8-10-15)17-13(3)19/h7-12,16,18H,4-6H2,1-3H3,(H,17,19)/t11-,12+,16+/m1/s1. The van der Waals surface area contributed by atoms with Crippen LogP contribution in [0.1, 0.15) is 40.0 Å². The van der Waals surface area contributed by atoms with Gasteiger partial charge < -0.3 is 5.32 Å². The first kappa shape index (κ1) is 17.0. The Labute approximate surface area is 132 Å². The molecule has 6 heteroatoms. The molecule has 0 radical (unpaired) electrons. The molecular weight excluding hydrogens is 300 g/mol. The number of rotatable bonds is 4. The summed E-state index contributed by atoms with van der Waals surface area (Å²) < 4.78 is 27.8. The third-order valence-corrected chi connectivity index (χ3v) is 6.00. The zero-order valence-corrected chi connectivity index (χ0v) is 14.1. The van der Waals surface area contributed by atoms with E-state index >= 15 is 0 Å². The molecule has 0 aliphatic heterocycles. The normalized spacial score (nSPS) is 25.7. The summed E-state index contributed by atoms with van der Waals surface area (Å²) in [6.07, 6.45) is 3.10. The Bertz CT molecular complexity index is 625. The van der Waals surface area contributed by atoms with Gasteiger partial charge in [-0.3, -0.25) is 4.79 Å². The van der Waals surface area contributed by atoms with Gasteiger partial charge in [0.2, 0.25) is 15.9 Å². The second kappa shape index (κ2) is 6.79. The highest BCUT2D eigenvalue weighted by molar-refractivity contribution is 7.89. The topological polar surface area (TPSA) is 75.3 Å². The summed E-state index contributed by atoms with van der Waals surface area (Å²) in [5, 5.41) is 2.62. The number of anilines is 1. The van der Waals surface area contributed by atoms with Gasteiger partial charge >= 0.3 is 0 Å². The monoisotopic (exact) mass is 324 g/mol. The van der Waals surface area contributed by atoms with Crippen LogP contribution in [0.4, 0.5) is 5.69 Å². The zero-order valence-electron chi connectivity index (χ0n) is 13.3. The number of benzene rings is 1. The van der Waals surface area contributed by atoms with Gasteiger partial charge in [-0.25, -0.2) is 13.1 Å². The molecule has 1 aromatic rings. The predicted octanol–water partition coefficient (Wildman–Crippen LogP) is 2.75. The maximum Gasteiger partial charge on any atom is 0.240 e. The van der Waals surface area contributed by atoms with Crippen molar-refractivity contribution in [3.8, 4) is 0 Å². The molecule has 5 nitrogen and oxygen atoms in total. The molecular formula is C16H24N2O3S. The summed E-state index contributed by atoms with van der Waals surface area (Å²) in [4.78, 5) is 11.2. The van der Waals surface area contributed by atoms with Crippen molar-refractivity contribution < 1.29 is 13.2 Å². The van der Waals surface area contributed by atoms with Crippen LogP contribution in [0.2, 0.25) is 0 Å². The molecule has 3 atom stereocenters. The van der Waals surface area contributed by atoms with Crippen molar-refractivity contribution in [3.63, 3.8) is 0 Å². The van der Waals surface area contributed by atoms with Crippen LogP contribution in [0, 0.1) is 11.8 Å². The fraction of sp³-hybridized carbons (Fsp3) is 0.562. The van der Waals surface area contributed by atoms with E-state index in [1.165, 1.54) is 19.1 Å². The van der Waals surface area contributed by atoms with Gasteiger partial charge in [-0.05, 0) is 42.5 Å². The molecule has 0 saturated heterocycles. The van der Waals surface area contributed by atoms with Crippen molar-refractivity contribution >= 4 is 21.6 Å². The third-order valence-electron chi connectivity index (χ3n) is 4.50. The van der Waals surface area contributed by atoms with E-state index in [2.05, 4.69) is 23.9 Å². The molecule has 0 bridgehead atoms. The summed E-state index contributed by atoms with van der Waals surface area (Å²) in [5.74, 6) is 0.685. The maximum atomic E-state index is 12.5. The second-order valence-corrected chi connectivity index (χ2v) is 7.91. The van der Waals surface area contributed by atoms with E-state index in [1.807, 2.05) is 0 Å². The SMILES string of the molecule is CC(=O)Nc1ccc(S(=O)(=O)N[C@H]2CCC[C@@H](C)[C@@H]2C)cc1. The average Bonchev–Trinajstić information content (AvgIpc) is 2.44. The molecule has 2 rings (SSSR count). The first-order valence-electron chi connectivity index (χ1n) is 7.69. The molecule has 1 aromatic carbocycles. The Hall–Kier alpha value is -1.40. The van der Waals surface area contributed by atoms with Gasteiger partial charge in [-0.1, -0.05) is 26.7 Å². The van der Waals surface area contributed by atoms with Crippen LogP contribution in [-0.4, -0.2) is 20.4 Å². The quantitative estimate of drug-likeness (QED) is 0.894. The number of hydrogen-bond acceptors (Lipinski definition) is 3. The number of nitrogens with one attached hydrogen (secondary N) is 2. The van der Waals surface area contributed by atoms with Crippen LogP contribution in [0.25, 0.3) is 0 Å². The van der Waals surface area contributed by atoms with Crippen molar-refractivity contribution in [1.29, 1.82) is 0 Å². The van der Waals surface area contributed by atoms with Crippen LogP contribution < -0.4 is 10.0 Å². The molecule has 0 spiro atoms. The Morgan fingerprint density at radius 2 is 1.77 bits per heavy atom. The van der Waals surface area contributed by atoms with E-state index in [4.69, 9.17) is 0 Å². The molecule has 1 amide bonds. The average molecular weight is 324 g/mol. The molecule has 1 aliphatic rings. The Morgan fingerprint density at radius 1 is 1.14 bits per heavy atom. The zero-order chi connectivity index (χ0) is 16.3. The molecule has 0 unspecified atom stereocenters. The summed E-state index contributed by atoms with van der Waals surface area (Å²) in [7, 11) is -3.52. The van der Waals surface area contributed by atoms with Crippen molar-refractivity contribution in [2.75, 3.05) is 5.32 Å². The number of carbonyl (C=O) groups is 1. The van der Waals surface area contributed by atoms with Crippen molar-refractivity contribution in [3.05, 3.63) is 24.3 Å². The number of hydrogen-bond donors (Lipinski definition) is 2. The van der Waals surface area contributed by atoms with Gasteiger partial charge in [-0.15, -0.1) is 0 Å². The lowest BCUT2D eigenvalue weighted by Crippen LogP contribution is -2.43. The number of amides is 1. The number of carbonyl (C=O) groups excluding carboxylic acids is 1. The van der Waals surface area contributed by atoms with Gasteiger partial charge in [0, 0.05) is 18.7 Å². The van der Waals surface area contributed by atoms with E-state index in [9.17, 15) is 13.2 Å². The molecule has 1 saturated carbocycles. The van der Waals surface area contributed by atoms with E-state index in [0.717, 1.165) is 19.3 Å². The van der Waals surface area contributed by atoms with Crippen LogP contribution in [0.15, 0.2) is 29.2 Å². The molecule has 0 aromatic heterocycles. The molecule has 22 heavy (non-hydrogen) atoms. The molecule has 1 fully saturated rings. The summed E-state index contributed by atoms with van der Waals surface area (Å²) in [5.41, 5.74) is 0.589. The van der Waals surface area contributed by atoms with Gasteiger partial charge in [0.1, 0.15) is 0 Å². The largest absolute Gasteiger partial charge is 0.326 e. The fourth-order valence-corrected chi connectivity index (χ4v) is 4.30. The van der Waals surface area contributed by atoms with Crippen molar-refractivity contribution in [2.45, 2.75) is 51.0 Å². The predicted molar refractivity (Wildman–Crippen MR) is 87.0 cm³/mol. The third kappa shape index (κ3) is 4.08. The van der Waals surface area contributed by atoms with E-state index < -0.39 is 10.0 Å². The first-order chi connectivity index (χ1) is 10.3. The van der Waals surface area contributed by atoms with E-state index in [0.29, 0.717) is 17.5 Å². The minimum Gasteiger partial charge on any atom is -0.326 e. The first-order valence-corrected chi connectivity index (χ1v) is 9.18. The minimum atomic E-state index is -3.52. The van der Waals surface area contributed by atoms with Crippen LogP contribution in [0.3, 0.4) is 0 Å². The van der Waals surface area contributed by atoms with Crippen LogP contribution in [-0.2, 0) is 14.8 Å². The smallest absolute Gasteiger partial charge is 0.240 e. The maximum absolute atomic E-state index is 12.5. The van der Waals surface area contributed by atoms with Gasteiger partial charge in [0.25, 0.3) is 0 Å². The van der Waals surface area contributed by atoms with Gasteiger partial charge in [0.15, 0.2) is 0 Å². The van der Waals surface area contributed by atoms with Gasteiger partial charge in [0.05, 0.1) is 4.90 Å². The molecule has 1 aliphatic carbocycles. The summed E-state index contributed by atoms with van der Waals surface area (Å²) in [6, 6.07) is 6.23. The highest BCUT2D eigenvalue weighted by atomic mass is 32.2. The van der Waals surface area contributed by atoms with Crippen LogP contribution >= 0.6 is 0 Å². The molecule has 122 valence electrons. The summed E-state index contributed by atoms with van der Waals surface area (Å²) in [6.45, 7) is 5.70. The van der Waals surface area contributed by atoms with E-state index in [1.54, 1.807) is 12.1 Å². The van der Waals surface area contributed by atoms with Crippen molar-refractivity contribution in [1.82, 2.24) is 4.72 Å². The highest BCUT2D eigenvalue weighted by Crippen LogP contribution is 2.30. The van der Waals surface area contributed by atoms with Gasteiger partial charge in [-0.2, -0.15) is 0 Å². The Kier molecular flexibility index (Phi) is 5.24. The highest BCUT2D eigenvalue weighted by Gasteiger charge is 2.30. The van der Waals surface area contributed by atoms with Crippen LogP contribution in [0.5, 0.6) is 0 Å². The summed E-state index contributed by atoms with van der Waals surface area (Å²) >= 11 is 0. The second-order valence-electron chi connectivity index (χ2n) is 6.20. The number of sulfonamides is 1. The van der Waals surface area contributed by atoms with Crippen molar-refractivity contribution in [2.24, 2.45) is 11.8 Å². The Morgan fingerprint density at radius 3 is 2.36 bits per heavy atom. The lowest BCUT2D eigenvalue weighted by molar-refractivity contribution is -0.114. The molecule has 2 N–H and O–H groups in total.